The van der Waals surface area contributed by atoms with Crippen molar-refractivity contribution in [1.82, 2.24) is 24.9 Å². The smallest absolute Gasteiger partial charge is 0.164 e. The van der Waals surface area contributed by atoms with Crippen LogP contribution in [0.3, 0.4) is 0 Å². The van der Waals surface area contributed by atoms with Crippen LogP contribution in [-0.2, 0) is 0 Å². The summed E-state index contributed by atoms with van der Waals surface area (Å²) in [6, 6.07) is 64.1. The number of nitrogens with zero attached hydrogens (tertiary/aromatic N) is 5. The van der Waals surface area contributed by atoms with Crippen molar-refractivity contribution in [2.24, 2.45) is 0 Å². The molecule has 9 aromatic rings. The van der Waals surface area contributed by atoms with Gasteiger partial charge in [0.25, 0.3) is 0 Å². The normalized spacial score (nSPS) is 11.1. The van der Waals surface area contributed by atoms with Gasteiger partial charge in [-0.3, -0.25) is 0 Å². The Labute approximate surface area is 302 Å². The van der Waals surface area contributed by atoms with Gasteiger partial charge in [-0.25, -0.2) is 24.9 Å². The Bertz CT molecular complexity index is 2530. The third-order valence-corrected chi connectivity index (χ3v) is 9.14. The molecule has 9 rings (SSSR count). The molecule has 244 valence electrons. The minimum Gasteiger partial charge on any atom is -0.228 e. The van der Waals surface area contributed by atoms with Crippen molar-refractivity contribution in [2.45, 2.75) is 0 Å². The fourth-order valence-electron chi connectivity index (χ4n) is 6.40. The molecule has 5 nitrogen and oxygen atoms in total. The lowest BCUT2D eigenvalue weighted by Crippen LogP contribution is -2.00. The van der Waals surface area contributed by atoms with E-state index in [0.29, 0.717) is 23.3 Å². The lowest BCUT2D eigenvalue weighted by atomic mass is 9.98. The predicted molar refractivity (Wildman–Crippen MR) is 211 cm³/mol. The first-order valence-corrected chi connectivity index (χ1v) is 17.3. The zero-order valence-electron chi connectivity index (χ0n) is 28.1. The van der Waals surface area contributed by atoms with Crippen molar-refractivity contribution in [2.75, 3.05) is 0 Å². The van der Waals surface area contributed by atoms with Gasteiger partial charge in [-0.1, -0.05) is 170 Å². The SMILES string of the molecule is c1ccc(-c2cc(-c3ccccc3)nc(-c3ccc(-c4ccc5ccc(-c6nc(-c7ccccc7)nc(-c7ccccc7)n6)cc5c4)cc3)n2)cc1. The zero-order valence-corrected chi connectivity index (χ0v) is 28.1. The Morgan fingerprint density at radius 3 is 1.06 bits per heavy atom. The number of aromatic nitrogens is 5. The van der Waals surface area contributed by atoms with Crippen LogP contribution in [0.15, 0.2) is 188 Å². The van der Waals surface area contributed by atoms with Gasteiger partial charge in [0.1, 0.15) is 0 Å². The lowest BCUT2D eigenvalue weighted by molar-refractivity contribution is 1.07. The number of rotatable bonds is 7. The molecule has 7 aromatic carbocycles. The second kappa shape index (κ2) is 13.7. The minimum absolute atomic E-state index is 0.636. The molecule has 52 heavy (non-hydrogen) atoms. The molecule has 0 unspecified atom stereocenters. The average Bonchev–Trinajstić information content (AvgIpc) is 3.24. The molecule has 0 spiro atoms. The van der Waals surface area contributed by atoms with Crippen LogP contribution >= 0.6 is 0 Å². The van der Waals surface area contributed by atoms with E-state index in [4.69, 9.17) is 24.9 Å². The molecule has 0 N–H and O–H groups in total. The van der Waals surface area contributed by atoms with Gasteiger partial charge in [0, 0.05) is 33.4 Å². The summed E-state index contributed by atoms with van der Waals surface area (Å²) in [4.78, 5) is 24.7. The second-order valence-corrected chi connectivity index (χ2v) is 12.6. The number of fused-ring (bicyclic) bond motifs is 1. The van der Waals surface area contributed by atoms with E-state index in [1.54, 1.807) is 0 Å². The summed E-state index contributed by atoms with van der Waals surface area (Å²) in [5.41, 5.74) is 9.91. The van der Waals surface area contributed by atoms with Gasteiger partial charge in [-0.2, -0.15) is 0 Å². The van der Waals surface area contributed by atoms with Gasteiger partial charge in [-0.15, -0.1) is 0 Å². The largest absolute Gasteiger partial charge is 0.228 e. The molecule has 0 atom stereocenters. The van der Waals surface area contributed by atoms with Crippen LogP contribution in [0.2, 0.25) is 0 Å². The highest BCUT2D eigenvalue weighted by atomic mass is 15.0. The van der Waals surface area contributed by atoms with Gasteiger partial charge in [0.2, 0.25) is 0 Å². The maximum Gasteiger partial charge on any atom is 0.164 e. The summed E-state index contributed by atoms with van der Waals surface area (Å²) >= 11 is 0. The van der Waals surface area contributed by atoms with Crippen molar-refractivity contribution in [3.8, 4) is 79.2 Å². The number of hydrogen-bond acceptors (Lipinski definition) is 5. The van der Waals surface area contributed by atoms with Gasteiger partial charge in [0.05, 0.1) is 11.4 Å². The van der Waals surface area contributed by atoms with Crippen LogP contribution in [0, 0.1) is 0 Å². The quantitative estimate of drug-likeness (QED) is 0.169. The fraction of sp³-hybridized carbons (Fsp3) is 0. The maximum absolute atomic E-state index is 5.00. The highest BCUT2D eigenvalue weighted by molar-refractivity contribution is 5.90. The molecule has 2 heterocycles. The van der Waals surface area contributed by atoms with E-state index in [1.165, 1.54) is 0 Å². The highest BCUT2D eigenvalue weighted by Gasteiger charge is 2.14. The van der Waals surface area contributed by atoms with Crippen LogP contribution in [-0.4, -0.2) is 24.9 Å². The van der Waals surface area contributed by atoms with Gasteiger partial charge in [-0.05, 0) is 40.1 Å². The van der Waals surface area contributed by atoms with Crippen molar-refractivity contribution >= 4 is 10.8 Å². The summed E-state index contributed by atoms with van der Waals surface area (Å²) in [6.07, 6.45) is 0. The van der Waals surface area contributed by atoms with Crippen LogP contribution < -0.4 is 0 Å². The molecule has 0 radical (unpaired) electrons. The molecular formula is C47H31N5. The Kier molecular flexibility index (Phi) is 8.12. The van der Waals surface area contributed by atoms with Crippen LogP contribution in [0.4, 0.5) is 0 Å². The molecule has 0 aliphatic rings. The number of benzene rings is 7. The van der Waals surface area contributed by atoms with E-state index in [0.717, 1.165) is 66.7 Å². The molecule has 5 heteroatoms. The molecule has 0 aliphatic heterocycles. The van der Waals surface area contributed by atoms with Crippen LogP contribution in [0.1, 0.15) is 0 Å². The van der Waals surface area contributed by atoms with E-state index in [2.05, 4.69) is 91.0 Å². The summed E-state index contributed by atoms with van der Waals surface area (Å²) in [7, 11) is 0. The van der Waals surface area contributed by atoms with E-state index in [-0.39, 0.29) is 0 Å². The molecular weight excluding hydrogens is 635 g/mol. The molecule has 0 saturated heterocycles. The first kappa shape index (κ1) is 30.9. The van der Waals surface area contributed by atoms with E-state index < -0.39 is 0 Å². The molecule has 2 aromatic heterocycles. The summed E-state index contributed by atoms with van der Waals surface area (Å²) in [5, 5.41) is 2.25. The van der Waals surface area contributed by atoms with E-state index in [1.807, 2.05) is 97.1 Å². The Balaban J connectivity index is 1.07. The third kappa shape index (κ3) is 6.35. The van der Waals surface area contributed by atoms with E-state index >= 15 is 0 Å². The third-order valence-electron chi connectivity index (χ3n) is 9.14. The fourth-order valence-corrected chi connectivity index (χ4v) is 6.40. The van der Waals surface area contributed by atoms with Crippen molar-refractivity contribution in [3.63, 3.8) is 0 Å². The predicted octanol–water partition coefficient (Wildman–Crippen LogP) is 11.5. The molecule has 0 saturated carbocycles. The summed E-state index contributed by atoms with van der Waals surface area (Å²) in [5.74, 6) is 2.62. The first-order chi connectivity index (χ1) is 25.7. The topological polar surface area (TPSA) is 64.5 Å². The van der Waals surface area contributed by atoms with Crippen molar-refractivity contribution in [1.29, 1.82) is 0 Å². The summed E-state index contributed by atoms with van der Waals surface area (Å²) in [6.45, 7) is 0. The minimum atomic E-state index is 0.636. The molecule has 0 amide bonds. The summed E-state index contributed by atoms with van der Waals surface area (Å²) < 4.78 is 0. The van der Waals surface area contributed by atoms with Crippen molar-refractivity contribution < 1.29 is 0 Å². The van der Waals surface area contributed by atoms with Gasteiger partial charge >= 0.3 is 0 Å². The van der Waals surface area contributed by atoms with Crippen LogP contribution in [0.5, 0.6) is 0 Å². The van der Waals surface area contributed by atoms with Crippen LogP contribution in [0.25, 0.3) is 90.0 Å². The highest BCUT2D eigenvalue weighted by Crippen LogP contribution is 2.32. The second-order valence-electron chi connectivity index (χ2n) is 12.6. The number of hydrogen-bond donors (Lipinski definition) is 0. The van der Waals surface area contributed by atoms with Gasteiger partial charge < -0.3 is 0 Å². The Morgan fingerprint density at radius 1 is 0.212 bits per heavy atom. The zero-order chi connectivity index (χ0) is 34.7. The Morgan fingerprint density at radius 2 is 0.558 bits per heavy atom. The van der Waals surface area contributed by atoms with Gasteiger partial charge in [0.15, 0.2) is 23.3 Å². The monoisotopic (exact) mass is 665 g/mol. The maximum atomic E-state index is 5.00. The van der Waals surface area contributed by atoms with Crippen molar-refractivity contribution in [3.05, 3.63) is 188 Å². The van der Waals surface area contributed by atoms with E-state index in [9.17, 15) is 0 Å². The molecule has 0 bridgehead atoms. The average molecular weight is 666 g/mol. The molecule has 0 aliphatic carbocycles. The Hall–Kier alpha value is -7.11. The first-order valence-electron chi connectivity index (χ1n) is 17.3. The lowest BCUT2D eigenvalue weighted by Gasteiger charge is -2.11. The molecule has 0 fully saturated rings. The standard InChI is InChI=1S/C47H31N5/c1-5-13-34(14-6-1)42-31-43(35-15-7-2-8-16-35)49-44(48-42)38-25-21-32(22-26-38)39-27-23-33-24-28-40(30-41(33)29-39)47-51-45(36-17-9-3-10-18-36)50-46(52-47)37-19-11-4-12-20-37/h1-31H.